The van der Waals surface area contributed by atoms with Crippen molar-refractivity contribution in [2.45, 2.75) is 0 Å². The number of aromatic amines is 1. The Hall–Kier alpha value is -2.63. The SMILES string of the molecule is N#CC(=CNc1cc(N2CCOCC2)ccc1Cl)c1nn[nH]n1. The summed E-state index contributed by atoms with van der Waals surface area (Å²) >= 11 is 6.22. The van der Waals surface area contributed by atoms with Gasteiger partial charge in [0.05, 0.1) is 23.9 Å². The van der Waals surface area contributed by atoms with Crippen LogP contribution in [0.2, 0.25) is 5.02 Å². The van der Waals surface area contributed by atoms with Gasteiger partial charge in [-0.15, -0.1) is 10.2 Å². The third-order valence-corrected chi connectivity index (χ3v) is 3.73. The summed E-state index contributed by atoms with van der Waals surface area (Å²) in [7, 11) is 0. The first-order valence-corrected chi connectivity index (χ1v) is 7.38. The van der Waals surface area contributed by atoms with Crippen molar-refractivity contribution in [1.82, 2.24) is 20.6 Å². The number of nitrogens with zero attached hydrogens (tertiary/aromatic N) is 5. The Labute approximate surface area is 137 Å². The van der Waals surface area contributed by atoms with E-state index in [2.05, 4.69) is 30.8 Å². The molecule has 1 fully saturated rings. The summed E-state index contributed by atoms with van der Waals surface area (Å²) in [4.78, 5) is 2.22. The van der Waals surface area contributed by atoms with E-state index in [0.29, 0.717) is 23.9 Å². The van der Waals surface area contributed by atoms with Crippen molar-refractivity contribution >= 4 is 28.5 Å². The number of nitriles is 1. The number of anilines is 2. The molecule has 0 saturated carbocycles. The van der Waals surface area contributed by atoms with Gasteiger partial charge in [-0.1, -0.05) is 11.6 Å². The van der Waals surface area contributed by atoms with Crippen LogP contribution < -0.4 is 10.2 Å². The molecule has 1 saturated heterocycles. The van der Waals surface area contributed by atoms with Gasteiger partial charge in [-0.05, 0) is 23.4 Å². The van der Waals surface area contributed by atoms with Crippen LogP contribution in [-0.4, -0.2) is 46.9 Å². The molecule has 2 heterocycles. The number of ether oxygens (including phenoxy) is 1. The number of allylic oxidation sites excluding steroid dienone is 1. The van der Waals surface area contributed by atoms with Crippen molar-refractivity contribution in [2.24, 2.45) is 0 Å². The Morgan fingerprint density at radius 3 is 2.96 bits per heavy atom. The van der Waals surface area contributed by atoms with Gasteiger partial charge >= 0.3 is 0 Å². The van der Waals surface area contributed by atoms with E-state index in [-0.39, 0.29) is 11.4 Å². The molecule has 0 spiro atoms. The molecule has 0 radical (unpaired) electrons. The third-order valence-electron chi connectivity index (χ3n) is 3.40. The van der Waals surface area contributed by atoms with Crippen LogP contribution in [0.5, 0.6) is 0 Å². The monoisotopic (exact) mass is 331 g/mol. The first-order chi connectivity index (χ1) is 11.3. The normalized spacial score (nSPS) is 15.3. The average Bonchev–Trinajstić information content (AvgIpc) is 3.12. The van der Waals surface area contributed by atoms with Crippen LogP contribution in [0.3, 0.4) is 0 Å². The van der Waals surface area contributed by atoms with E-state index >= 15 is 0 Å². The molecule has 0 aliphatic carbocycles. The van der Waals surface area contributed by atoms with Crippen molar-refractivity contribution in [3.63, 3.8) is 0 Å². The maximum atomic E-state index is 9.17. The third kappa shape index (κ3) is 3.59. The summed E-state index contributed by atoms with van der Waals surface area (Å²) < 4.78 is 5.36. The van der Waals surface area contributed by atoms with Crippen LogP contribution >= 0.6 is 11.6 Å². The molecule has 23 heavy (non-hydrogen) atoms. The molecule has 0 amide bonds. The highest BCUT2D eigenvalue weighted by Crippen LogP contribution is 2.28. The highest BCUT2D eigenvalue weighted by atomic mass is 35.5. The van der Waals surface area contributed by atoms with Gasteiger partial charge < -0.3 is 15.0 Å². The lowest BCUT2D eigenvalue weighted by Crippen LogP contribution is -2.36. The smallest absolute Gasteiger partial charge is 0.216 e. The summed E-state index contributed by atoms with van der Waals surface area (Å²) in [6, 6.07) is 7.74. The molecule has 118 valence electrons. The number of hydrogen-bond donors (Lipinski definition) is 2. The Kier molecular flexibility index (Phi) is 4.71. The second-order valence-electron chi connectivity index (χ2n) is 4.81. The van der Waals surface area contributed by atoms with Crippen molar-refractivity contribution in [1.29, 1.82) is 5.26 Å². The van der Waals surface area contributed by atoms with E-state index in [1.54, 1.807) is 0 Å². The van der Waals surface area contributed by atoms with Crippen LogP contribution in [-0.2, 0) is 4.74 Å². The second kappa shape index (κ2) is 7.09. The molecule has 9 heteroatoms. The lowest BCUT2D eigenvalue weighted by Gasteiger charge is -2.29. The summed E-state index contributed by atoms with van der Waals surface area (Å²) in [6.45, 7) is 3.09. The molecule has 1 aliphatic heterocycles. The van der Waals surface area contributed by atoms with E-state index in [4.69, 9.17) is 21.6 Å². The molecule has 1 aromatic heterocycles. The molecule has 8 nitrogen and oxygen atoms in total. The number of aromatic nitrogens is 4. The van der Waals surface area contributed by atoms with Crippen LogP contribution in [0.4, 0.5) is 11.4 Å². The number of rotatable bonds is 4. The standard InChI is InChI=1S/C14H14ClN7O/c15-12-2-1-11(22-3-5-23-6-4-22)7-13(12)17-9-10(8-16)14-18-20-21-19-14/h1-2,7,9,17H,3-6H2,(H,18,19,20,21). The fourth-order valence-electron chi connectivity index (χ4n) is 2.21. The maximum absolute atomic E-state index is 9.17. The van der Waals surface area contributed by atoms with Crippen LogP contribution in [0.25, 0.3) is 5.57 Å². The Morgan fingerprint density at radius 2 is 2.26 bits per heavy atom. The number of morpholine rings is 1. The number of nitrogens with one attached hydrogen (secondary N) is 2. The fourth-order valence-corrected chi connectivity index (χ4v) is 2.39. The van der Waals surface area contributed by atoms with Gasteiger partial charge in [0.25, 0.3) is 0 Å². The van der Waals surface area contributed by atoms with E-state index in [1.165, 1.54) is 6.20 Å². The van der Waals surface area contributed by atoms with Gasteiger partial charge in [0.1, 0.15) is 11.6 Å². The van der Waals surface area contributed by atoms with Crippen molar-refractivity contribution in [2.75, 3.05) is 36.5 Å². The molecule has 2 N–H and O–H groups in total. The van der Waals surface area contributed by atoms with Gasteiger partial charge in [0.15, 0.2) is 0 Å². The fraction of sp³-hybridized carbons (Fsp3) is 0.286. The summed E-state index contributed by atoms with van der Waals surface area (Å²) in [5.41, 5.74) is 2.00. The summed E-state index contributed by atoms with van der Waals surface area (Å²) in [5.74, 6) is 0.223. The predicted octanol–water partition coefficient (Wildman–Crippen LogP) is 1.67. The Morgan fingerprint density at radius 1 is 1.43 bits per heavy atom. The molecule has 0 unspecified atom stereocenters. The molecule has 1 aromatic carbocycles. The minimum atomic E-state index is 0.223. The number of halogens is 1. The van der Waals surface area contributed by atoms with E-state index in [9.17, 15) is 0 Å². The lowest BCUT2D eigenvalue weighted by atomic mass is 10.2. The largest absolute Gasteiger partial charge is 0.378 e. The number of hydrogen-bond acceptors (Lipinski definition) is 7. The van der Waals surface area contributed by atoms with Crippen LogP contribution in [0.15, 0.2) is 24.4 Å². The summed E-state index contributed by atoms with van der Waals surface area (Å²) in [5, 5.41) is 26.1. The Balaban J connectivity index is 1.80. The highest BCUT2D eigenvalue weighted by Gasteiger charge is 2.13. The van der Waals surface area contributed by atoms with Crippen molar-refractivity contribution in [3.05, 3.63) is 35.2 Å². The van der Waals surface area contributed by atoms with Gasteiger partial charge in [0.2, 0.25) is 5.82 Å². The van der Waals surface area contributed by atoms with E-state index < -0.39 is 0 Å². The van der Waals surface area contributed by atoms with Gasteiger partial charge in [-0.3, -0.25) is 0 Å². The van der Waals surface area contributed by atoms with Gasteiger partial charge in [-0.25, -0.2) is 0 Å². The number of benzene rings is 1. The highest BCUT2D eigenvalue weighted by molar-refractivity contribution is 6.33. The zero-order chi connectivity index (χ0) is 16.1. The van der Waals surface area contributed by atoms with E-state index in [1.807, 2.05) is 24.3 Å². The zero-order valence-electron chi connectivity index (χ0n) is 12.2. The maximum Gasteiger partial charge on any atom is 0.216 e. The number of tetrazole rings is 1. The molecule has 0 atom stereocenters. The minimum Gasteiger partial charge on any atom is -0.378 e. The Bertz CT molecular complexity index is 732. The van der Waals surface area contributed by atoms with Crippen molar-refractivity contribution < 1.29 is 4.74 Å². The first-order valence-electron chi connectivity index (χ1n) is 7.01. The molecule has 0 bridgehead atoms. The topological polar surface area (TPSA) is 103 Å². The zero-order valence-corrected chi connectivity index (χ0v) is 12.9. The minimum absolute atomic E-state index is 0.223. The van der Waals surface area contributed by atoms with Gasteiger partial charge in [-0.2, -0.15) is 10.5 Å². The van der Waals surface area contributed by atoms with Gasteiger partial charge in [0, 0.05) is 25.0 Å². The molecule has 2 aromatic rings. The first kappa shape index (κ1) is 15.3. The predicted molar refractivity (Wildman–Crippen MR) is 85.9 cm³/mol. The number of H-pyrrole nitrogens is 1. The second-order valence-corrected chi connectivity index (χ2v) is 5.22. The lowest BCUT2D eigenvalue weighted by molar-refractivity contribution is 0.122. The van der Waals surface area contributed by atoms with Crippen LogP contribution in [0, 0.1) is 11.3 Å². The quantitative estimate of drug-likeness (QED) is 0.821. The van der Waals surface area contributed by atoms with E-state index in [0.717, 1.165) is 18.8 Å². The van der Waals surface area contributed by atoms with Crippen molar-refractivity contribution in [3.8, 4) is 6.07 Å². The van der Waals surface area contributed by atoms with Crippen LogP contribution in [0.1, 0.15) is 5.82 Å². The average molecular weight is 332 g/mol. The summed E-state index contributed by atoms with van der Waals surface area (Å²) in [6.07, 6.45) is 1.51. The molecule has 3 rings (SSSR count). The molecular weight excluding hydrogens is 318 g/mol. The molecule has 1 aliphatic rings. The molecular formula is C14H14ClN7O.